The van der Waals surface area contributed by atoms with Crippen LogP contribution in [-0.2, 0) is 4.79 Å². The summed E-state index contributed by atoms with van der Waals surface area (Å²) in [7, 11) is 0. The Hall–Kier alpha value is -2.66. The average molecular weight is 432 g/mol. The number of nitriles is 1. The first-order valence-corrected chi connectivity index (χ1v) is 9.85. The lowest BCUT2D eigenvalue weighted by Gasteiger charge is -2.09. The van der Waals surface area contributed by atoms with E-state index in [9.17, 15) is 10.1 Å². The van der Waals surface area contributed by atoms with Crippen LogP contribution in [0.4, 0.5) is 5.13 Å². The van der Waals surface area contributed by atoms with Gasteiger partial charge in [-0.25, -0.2) is 0 Å². The summed E-state index contributed by atoms with van der Waals surface area (Å²) in [5, 5.41) is 22.2. The molecule has 1 N–H and O–H groups in total. The minimum absolute atomic E-state index is 0.0636. The van der Waals surface area contributed by atoms with Gasteiger partial charge in [0, 0.05) is 22.8 Å². The van der Waals surface area contributed by atoms with Crippen molar-refractivity contribution in [3.05, 3.63) is 62.8 Å². The number of nitrogens with zero attached hydrogens (tertiary/aromatic N) is 4. The molecule has 0 saturated heterocycles. The number of anilines is 1. The average Bonchev–Trinajstić information content (AvgIpc) is 3.29. The fourth-order valence-electron chi connectivity index (χ4n) is 2.39. The number of hydrogen-bond acceptors (Lipinski definition) is 5. The monoisotopic (exact) mass is 431 g/mol. The Balaban J connectivity index is 1.88. The Morgan fingerprint density at radius 2 is 2.11 bits per heavy atom. The third kappa shape index (κ3) is 4.42. The lowest BCUT2D eigenvalue weighted by atomic mass is 10.2. The van der Waals surface area contributed by atoms with Gasteiger partial charge in [0.15, 0.2) is 0 Å². The summed E-state index contributed by atoms with van der Waals surface area (Å²) in [6.07, 6.45) is 3.28. The van der Waals surface area contributed by atoms with Crippen molar-refractivity contribution in [1.82, 2.24) is 14.8 Å². The molecule has 0 radical (unpaired) electrons. The minimum atomic E-state index is -0.552. The normalized spacial score (nSPS) is 11.5. The van der Waals surface area contributed by atoms with Crippen LogP contribution in [0.2, 0.25) is 10.0 Å². The van der Waals surface area contributed by atoms with Gasteiger partial charge >= 0.3 is 0 Å². The number of benzene rings is 1. The largest absolute Gasteiger partial charge is 0.316 e. The highest BCUT2D eigenvalue weighted by Gasteiger charge is 2.15. The quantitative estimate of drug-likeness (QED) is 0.438. The maximum absolute atomic E-state index is 12.5. The van der Waals surface area contributed by atoms with Crippen LogP contribution in [0.25, 0.3) is 11.8 Å². The Labute approximate surface area is 176 Å². The first-order chi connectivity index (χ1) is 13.4. The van der Waals surface area contributed by atoms with Crippen molar-refractivity contribution in [2.24, 2.45) is 0 Å². The van der Waals surface area contributed by atoms with Gasteiger partial charge in [-0.05, 0) is 36.4 Å². The molecule has 0 bridgehead atoms. The maximum Gasteiger partial charge on any atom is 0.268 e. The second-order valence-corrected chi connectivity index (χ2v) is 7.98. The van der Waals surface area contributed by atoms with Gasteiger partial charge in [-0.3, -0.25) is 10.1 Å². The van der Waals surface area contributed by atoms with E-state index >= 15 is 0 Å². The fourth-order valence-corrected chi connectivity index (χ4v) is 3.63. The summed E-state index contributed by atoms with van der Waals surface area (Å²) in [6, 6.07) is 10.6. The summed E-state index contributed by atoms with van der Waals surface area (Å²) in [5.74, 6) is -0.342. The number of aromatic nitrogens is 3. The molecule has 0 aliphatic heterocycles. The second kappa shape index (κ2) is 8.57. The molecule has 3 aromatic rings. The highest BCUT2D eigenvalue weighted by atomic mass is 35.5. The Morgan fingerprint density at radius 3 is 2.75 bits per heavy atom. The van der Waals surface area contributed by atoms with Crippen molar-refractivity contribution in [1.29, 1.82) is 5.26 Å². The van der Waals surface area contributed by atoms with Crippen molar-refractivity contribution in [3.63, 3.8) is 0 Å². The van der Waals surface area contributed by atoms with E-state index in [4.69, 9.17) is 23.2 Å². The number of amides is 1. The van der Waals surface area contributed by atoms with Crippen LogP contribution >= 0.6 is 34.5 Å². The van der Waals surface area contributed by atoms with E-state index in [1.54, 1.807) is 41.1 Å². The number of hydrogen-bond donors (Lipinski definition) is 1. The molecule has 142 valence electrons. The van der Waals surface area contributed by atoms with Crippen LogP contribution < -0.4 is 5.32 Å². The fraction of sp³-hybridized carbons (Fsp3) is 0.158. The first kappa shape index (κ1) is 20.1. The summed E-state index contributed by atoms with van der Waals surface area (Å²) in [6.45, 7) is 3.98. The number of nitrogens with one attached hydrogen (secondary N) is 1. The van der Waals surface area contributed by atoms with Crippen molar-refractivity contribution >= 4 is 51.7 Å². The molecular weight excluding hydrogens is 417 g/mol. The molecule has 9 heteroatoms. The molecule has 0 fully saturated rings. The molecule has 2 aromatic heterocycles. The van der Waals surface area contributed by atoms with Gasteiger partial charge < -0.3 is 4.57 Å². The van der Waals surface area contributed by atoms with E-state index in [2.05, 4.69) is 15.5 Å². The molecule has 1 amide bonds. The van der Waals surface area contributed by atoms with Crippen molar-refractivity contribution < 1.29 is 4.79 Å². The van der Waals surface area contributed by atoms with Gasteiger partial charge in [0.2, 0.25) is 5.13 Å². The van der Waals surface area contributed by atoms with E-state index in [1.807, 2.05) is 19.9 Å². The Morgan fingerprint density at radius 1 is 1.32 bits per heavy atom. The Kier molecular flexibility index (Phi) is 6.15. The third-order valence-electron chi connectivity index (χ3n) is 3.76. The standard InChI is InChI=1S/C19H15Cl2N5OS/c1-11(2)18-24-25-19(28-18)23-17(27)12(10-22)8-14-4-3-7-26(14)16-6-5-13(20)9-15(16)21/h3-9,11H,1-2H3,(H,23,25,27). The summed E-state index contributed by atoms with van der Waals surface area (Å²) in [4.78, 5) is 12.5. The highest BCUT2D eigenvalue weighted by molar-refractivity contribution is 7.15. The zero-order valence-electron chi connectivity index (χ0n) is 15.0. The molecule has 6 nitrogen and oxygen atoms in total. The summed E-state index contributed by atoms with van der Waals surface area (Å²) < 4.78 is 1.77. The zero-order chi connectivity index (χ0) is 20.3. The third-order valence-corrected chi connectivity index (χ3v) is 5.44. The van der Waals surface area contributed by atoms with Crippen molar-refractivity contribution in [2.75, 3.05) is 5.32 Å². The molecular formula is C19H15Cl2N5OS. The lowest BCUT2D eigenvalue weighted by Crippen LogP contribution is -2.13. The van der Waals surface area contributed by atoms with E-state index in [-0.39, 0.29) is 11.5 Å². The Bertz CT molecular complexity index is 1090. The lowest BCUT2D eigenvalue weighted by molar-refractivity contribution is -0.112. The SMILES string of the molecule is CC(C)c1nnc(NC(=O)C(C#N)=Cc2cccn2-c2ccc(Cl)cc2Cl)s1. The summed E-state index contributed by atoms with van der Waals surface area (Å²) >= 11 is 13.5. The number of carbonyl (C=O) groups is 1. The molecule has 0 aliphatic carbocycles. The van der Waals surface area contributed by atoms with Gasteiger partial charge in [0.25, 0.3) is 5.91 Å². The van der Waals surface area contributed by atoms with E-state index in [1.165, 1.54) is 17.4 Å². The van der Waals surface area contributed by atoms with Crippen LogP contribution in [0.1, 0.15) is 30.5 Å². The zero-order valence-corrected chi connectivity index (χ0v) is 17.3. The van der Waals surface area contributed by atoms with E-state index in [0.29, 0.717) is 26.6 Å². The van der Waals surface area contributed by atoms with Gasteiger partial charge in [0.05, 0.1) is 10.7 Å². The molecule has 0 atom stereocenters. The number of carbonyl (C=O) groups excluding carboxylic acids is 1. The molecule has 0 saturated carbocycles. The van der Waals surface area contributed by atoms with Gasteiger partial charge in [-0.2, -0.15) is 5.26 Å². The molecule has 3 rings (SSSR count). The highest BCUT2D eigenvalue weighted by Crippen LogP contribution is 2.27. The van der Waals surface area contributed by atoms with Gasteiger partial charge in [0.1, 0.15) is 16.6 Å². The van der Waals surface area contributed by atoms with Crippen molar-refractivity contribution in [2.45, 2.75) is 19.8 Å². The van der Waals surface area contributed by atoms with Gasteiger partial charge in [-0.1, -0.05) is 48.4 Å². The smallest absolute Gasteiger partial charge is 0.268 e. The van der Waals surface area contributed by atoms with Crippen LogP contribution in [-0.4, -0.2) is 20.7 Å². The second-order valence-electron chi connectivity index (χ2n) is 6.12. The molecule has 0 spiro atoms. The van der Waals surface area contributed by atoms with Crippen LogP contribution in [0.3, 0.4) is 0 Å². The van der Waals surface area contributed by atoms with Crippen LogP contribution in [0, 0.1) is 11.3 Å². The molecule has 0 aliphatic rings. The molecule has 2 heterocycles. The van der Waals surface area contributed by atoms with Crippen LogP contribution in [0.15, 0.2) is 42.1 Å². The van der Waals surface area contributed by atoms with Crippen molar-refractivity contribution in [3.8, 4) is 11.8 Å². The number of rotatable bonds is 5. The first-order valence-electron chi connectivity index (χ1n) is 8.28. The molecule has 1 aromatic carbocycles. The van der Waals surface area contributed by atoms with E-state index < -0.39 is 5.91 Å². The maximum atomic E-state index is 12.5. The summed E-state index contributed by atoms with van der Waals surface area (Å²) in [5.41, 5.74) is 1.24. The predicted octanol–water partition coefficient (Wildman–Crippen LogP) is 5.30. The molecule has 28 heavy (non-hydrogen) atoms. The van der Waals surface area contributed by atoms with Crippen LogP contribution in [0.5, 0.6) is 0 Å². The minimum Gasteiger partial charge on any atom is -0.316 e. The predicted molar refractivity (Wildman–Crippen MR) is 112 cm³/mol. The van der Waals surface area contributed by atoms with Gasteiger partial charge in [-0.15, -0.1) is 10.2 Å². The molecule has 0 unspecified atom stereocenters. The van der Waals surface area contributed by atoms with E-state index in [0.717, 1.165) is 5.01 Å². The number of halogens is 2. The topological polar surface area (TPSA) is 83.6 Å².